The highest BCUT2D eigenvalue weighted by Gasteiger charge is 2.24. The number of nitrogens with one attached hydrogen (secondary N) is 2. The van der Waals surface area contributed by atoms with Gasteiger partial charge in [-0.05, 0) is 37.1 Å². The highest BCUT2D eigenvalue weighted by atomic mass is 16.3. The maximum absolute atomic E-state index is 11.6. The van der Waals surface area contributed by atoms with E-state index in [0.717, 1.165) is 57.8 Å². The second kappa shape index (κ2) is 9.35. The third kappa shape index (κ3) is 4.96. The molecule has 6 nitrogen and oxygen atoms in total. The monoisotopic (exact) mass is 360 g/mol. The molecule has 1 atom stereocenters. The van der Waals surface area contributed by atoms with Crippen LogP contribution in [0.2, 0.25) is 0 Å². The van der Waals surface area contributed by atoms with Crippen molar-refractivity contribution in [3.05, 3.63) is 23.8 Å². The van der Waals surface area contributed by atoms with Crippen molar-refractivity contribution < 1.29 is 9.90 Å². The molecule has 1 amide bonds. The fraction of sp³-hybridized carbons (Fsp3) is 0.650. The third-order valence-electron chi connectivity index (χ3n) is 5.30. The summed E-state index contributed by atoms with van der Waals surface area (Å²) in [5.74, 6) is 0.112. The Kier molecular flexibility index (Phi) is 6.88. The summed E-state index contributed by atoms with van der Waals surface area (Å²) >= 11 is 0. The summed E-state index contributed by atoms with van der Waals surface area (Å²) in [4.78, 5) is 16.4. The number of hydrogen-bond donors (Lipinski definition) is 3. The van der Waals surface area contributed by atoms with Gasteiger partial charge in [-0.25, -0.2) is 0 Å². The van der Waals surface area contributed by atoms with Crippen molar-refractivity contribution in [1.82, 2.24) is 10.2 Å². The normalized spacial score (nSPS) is 19.2. The maximum atomic E-state index is 11.6. The number of carbonyl (C=O) groups is 1. The molecule has 6 heteroatoms. The number of β-amino-alcohol motifs (C(OH)–C–C–N with tert-alkyl or cyclic N) is 1. The zero-order valence-electron chi connectivity index (χ0n) is 15.8. The number of piperazine rings is 1. The molecule has 1 fully saturated rings. The Morgan fingerprint density at radius 3 is 2.81 bits per heavy atom. The molecule has 0 radical (unpaired) electrons. The molecule has 2 aliphatic rings. The number of hydrogen-bond acceptors (Lipinski definition) is 5. The van der Waals surface area contributed by atoms with Crippen LogP contribution in [0, 0.1) is 0 Å². The quantitative estimate of drug-likeness (QED) is 0.612. The number of aliphatic hydroxyl groups excluding tert-OH is 1. The van der Waals surface area contributed by atoms with Crippen molar-refractivity contribution in [2.75, 3.05) is 56.0 Å². The Morgan fingerprint density at radius 2 is 2.04 bits per heavy atom. The number of benzene rings is 1. The number of fused-ring (bicyclic) bond motifs is 1. The van der Waals surface area contributed by atoms with Crippen LogP contribution in [0.5, 0.6) is 0 Å². The molecule has 26 heavy (non-hydrogen) atoms. The van der Waals surface area contributed by atoms with Crippen molar-refractivity contribution in [3.8, 4) is 0 Å². The van der Waals surface area contributed by atoms with E-state index in [-0.39, 0.29) is 12.0 Å². The molecule has 0 aromatic heterocycles. The van der Waals surface area contributed by atoms with Crippen LogP contribution in [0.1, 0.15) is 31.7 Å². The molecule has 2 heterocycles. The first-order valence-corrected chi connectivity index (χ1v) is 9.95. The number of anilines is 2. The van der Waals surface area contributed by atoms with E-state index in [2.05, 4.69) is 33.4 Å². The molecule has 1 unspecified atom stereocenters. The van der Waals surface area contributed by atoms with E-state index < -0.39 is 0 Å². The van der Waals surface area contributed by atoms with Gasteiger partial charge in [0.2, 0.25) is 5.91 Å². The minimum absolute atomic E-state index is 0.112. The maximum Gasteiger partial charge on any atom is 0.224 e. The van der Waals surface area contributed by atoms with E-state index in [4.69, 9.17) is 0 Å². The molecule has 0 bridgehead atoms. The van der Waals surface area contributed by atoms with Crippen molar-refractivity contribution in [2.45, 2.75) is 38.7 Å². The van der Waals surface area contributed by atoms with Gasteiger partial charge in [0.1, 0.15) is 0 Å². The summed E-state index contributed by atoms with van der Waals surface area (Å²) < 4.78 is 0. The number of amides is 1. The van der Waals surface area contributed by atoms with Crippen LogP contribution in [-0.4, -0.2) is 67.8 Å². The number of rotatable bonds is 8. The van der Waals surface area contributed by atoms with Gasteiger partial charge in [-0.3, -0.25) is 9.69 Å². The molecule has 3 rings (SSSR count). The lowest BCUT2D eigenvalue weighted by atomic mass is 10.00. The fourth-order valence-corrected chi connectivity index (χ4v) is 3.81. The minimum atomic E-state index is -0.307. The molecular weight excluding hydrogens is 328 g/mol. The topological polar surface area (TPSA) is 67.8 Å². The molecule has 1 saturated heterocycles. The lowest BCUT2D eigenvalue weighted by molar-refractivity contribution is -0.116. The predicted molar refractivity (Wildman–Crippen MR) is 106 cm³/mol. The van der Waals surface area contributed by atoms with E-state index >= 15 is 0 Å². The average Bonchev–Trinajstić information content (AvgIpc) is 2.65. The lowest BCUT2D eigenvalue weighted by Crippen LogP contribution is -2.50. The Bertz CT molecular complexity index is 599. The summed E-state index contributed by atoms with van der Waals surface area (Å²) in [7, 11) is 0. The second-order valence-electron chi connectivity index (χ2n) is 7.35. The zero-order valence-corrected chi connectivity index (χ0v) is 15.8. The van der Waals surface area contributed by atoms with Gasteiger partial charge in [-0.15, -0.1) is 0 Å². The van der Waals surface area contributed by atoms with E-state index in [1.165, 1.54) is 17.7 Å². The molecule has 3 N–H and O–H groups in total. The van der Waals surface area contributed by atoms with Crippen LogP contribution < -0.4 is 15.5 Å². The molecule has 0 aliphatic carbocycles. The lowest BCUT2D eigenvalue weighted by Gasteiger charge is -2.38. The predicted octanol–water partition coefficient (Wildman–Crippen LogP) is 1.44. The van der Waals surface area contributed by atoms with Crippen molar-refractivity contribution in [1.29, 1.82) is 0 Å². The number of aliphatic hydroxyl groups is 1. The first-order chi connectivity index (χ1) is 12.7. The Morgan fingerprint density at radius 1 is 1.23 bits per heavy atom. The van der Waals surface area contributed by atoms with E-state index in [1.54, 1.807) is 0 Å². The van der Waals surface area contributed by atoms with Gasteiger partial charge >= 0.3 is 0 Å². The Labute approximate surface area is 156 Å². The van der Waals surface area contributed by atoms with Gasteiger partial charge < -0.3 is 20.6 Å². The standard InChI is InChI=1S/C20H32N4O2/c1-2-3-9-21-14-16(25)15-23-10-12-24(13-11-23)19-6-4-5-18-17(19)7-8-20(26)22-18/h4-6,16,21,25H,2-3,7-15H2,1H3,(H,22,26). The largest absolute Gasteiger partial charge is 0.390 e. The number of carbonyl (C=O) groups excluding carboxylic acids is 1. The third-order valence-corrected chi connectivity index (χ3v) is 5.30. The van der Waals surface area contributed by atoms with Gasteiger partial charge in [-0.2, -0.15) is 0 Å². The molecule has 0 spiro atoms. The molecule has 0 saturated carbocycles. The molecular formula is C20H32N4O2. The van der Waals surface area contributed by atoms with Crippen LogP contribution in [-0.2, 0) is 11.2 Å². The minimum Gasteiger partial charge on any atom is -0.390 e. The van der Waals surface area contributed by atoms with Gasteiger partial charge in [0.05, 0.1) is 6.10 Å². The molecule has 2 aliphatic heterocycles. The zero-order chi connectivity index (χ0) is 18.4. The van der Waals surface area contributed by atoms with Crippen molar-refractivity contribution in [3.63, 3.8) is 0 Å². The van der Waals surface area contributed by atoms with Gasteiger partial charge in [0.25, 0.3) is 0 Å². The van der Waals surface area contributed by atoms with Crippen LogP contribution in [0.15, 0.2) is 18.2 Å². The highest BCUT2D eigenvalue weighted by molar-refractivity contribution is 5.95. The molecule has 144 valence electrons. The average molecular weight is 361 g/mol. The Hall–Kier alpha value is -1.63. The SMILES string of the molecule is CCCCNCC(O)CN1CCN(c2cccc3c2CCC(=O)N3)CC1. The van der Waals surface area contributed by atoms with Crippen LogP contribution in [0.25, 0.3) is 0 Å². The summed E-state index contributed by atoms with van der Waals surface area (Å²) in [5.41, 5.74) is 3.49. The van der Waals surface area contributed by atoms with Crippen molar-refractivity contribution in [2.24, 2.45) is 0 Å². The summed E-state index contributed by atoms with van der Waals surface area (Å²) in [6, 6.07) is 6.18. The fourth-order valence-electron chi connectivity index (χ4n) is 3.81. The number of nitrogens with zero attached hydrogens (tertiary/aromatic N) is 2. The van der Waals surface area contributed by atoms with Crippen LogP contribution >= 0.6 is 0 Å². The van der Waals surface area contributed by atoms with E-state index in [9.17, 15) is 9.90 Å². The van der Waals surface area contributed by atoms with E-state index in [1.807, 2.05) is 12.1 Å². The van der Waals surface area contributed by atoms with Crippen molar-refractivity contribution >= 4 is 17.3 Å². The Balaban J connectivity index is 1.48. The molecule has 1 aromatic carbocycles. The first-order valence-electron chi connectivity index (χ1n) is 9.95. The second-order valence-corrected chi connectivity index (χ2v) is 7.35. The smallest absolute Gasteiger partial charge is 0.224 e. The van der Waals surface area contributed by atoms with Crippen LogP contribution in [0.4, 0.5) is 11.4 Å². The van der Waals surface area contributed by atoms with E-state index in [0.29, 0.717) is 13.0 Å². The number of unbranched alkanes of at least 4 members (excludes halogenated alkanes) is 1. The summed E-state index contributed by atoms with van der Waals surface area (Å²) in [6.45, 7) is 8.40. The molecule has 1 aromatic rings. The van der Waals surface area contributed by atoms with Gasteiger partial charge in [-0.1, -0.05) is 19.4 Å². The summed E-state index contributed by atoms with van der Waals surface area (Å²) in [6.07, 6.45) is 3.42. The highest BCUT2D eigenvalue weighted by Crippen LogP contribution is 2.32. The summed E-state index contributed by atoms with van der Waals surface area (Å²) in [5, 5.41) is 16.5. The first kappa shape index (κ1) is 19.1. The van der Waals surface area contributed by atoms with Gasteiger partial charge in [0, 0.05) is 57.1 Å². The van der Waals surface area contributed by atoms with Crippen LogP contribution in [0.3, 0.4) is 0 Å². The van der Waals surface area contributed by atoms with Gasteiger partial charge in [0.15, 0.2) is 0 Å².